The van der Waals surface area contributed by atoms with Crippen molar-refractivity contribution in [2.45, 2.75) is 13.5 Å². The number of rotatable bonds is 6. The third-order valence-electron chi connectivity index (χ3n) is 4.25. The van der Waals surface area contributed by atoms with E-state index in [4.69, 9.17) is 16.3 Å². The van der Waals surface area contributed by atoms with E-state index in [0.29, 0.717) is 17.3 Å². The lowest BCUT2D eigenvalue weighted by molar-refractivity contribution is -0.112. The van der Waals surface area contributed by atoms with Gasteiger partial charge in [-0.15, -0.1) is 0 Å². The molecule has 0 unspecified atom stereocenters. The number of anilines is 1. The minimum Gasteiger partial charge on any atom is -0.488 e. The zero-order chi connectivity index (χ0) is 21.5. The molecule has 0 fully saturated rings. The van der Waals surface area contributed by atoms with Crippen molar-refractivity contribution in [2.24, 2.45) is 0 Å². The molecule has 0 heterocycles. The lowest BCUT2D eigenvalue weighted by Crippen LogP contribution is -2.13. The molecule has 0 bridgehead atoms. The van der Waals surface area contributed by atoms with Crippen LogP contribution in [0.2, 0.25) is 5.02 Å². The van der Waals surface area contributed by atoms with Crippen LogP contribution in [0.5, 0.6) is 5.75 Å². The Hall–Kier alpha value is -2.82. The monoisotopic (exact) mass is 528 g/mol. The second-order valence-corrected chi connectivity index (χ2v) is 8.19. The van der Waals surface area contributed by atoms with E-state index in [0.717, 1.165) is 26.0 Å². The summed E-state index contributed by atoms with van der Waals surface area (Å²) in [6.07, 6.45) is 1.56. The number of amides is 1. The van der Waals surface area contributed by atoms with E-state index in [-0.39, 0.29) is 5.57 Å². The number of carbonyl (C=O) groups is 1. The number of nitriles is 1. The van der Waals surface area contributed by atoms with Crippen LogP contribution in [0.25, 0.3) is 6.08 Å². The maximum atomic E-state index is 12.4. The molecule has 0 radical (unpaired) electrons. The molecule has 6 heteroatoms. The third-order valence-corrected chi connectivity index (χ3v) is 5.34. The Morgan fingerprint density at radius 2 is 1.83 bits per heavy atom. The van der Waals surface area contributed by atoms with Gasteiger partial charge in [-0.05, 0) is 83.1 Å². The highest BCUT2D eigenvalue weighted by molar-refractivity contribution is 14.1. The molecular formula is C24H18ClIN2O2. The Morgan fingerprint density at radius 3 is 2.47 bits per heavy atom. The molecule has 0 aliphatic rings. The quantitative estimate of drug-likeness (QED) is 0.229. The molecule has 1 amide bonds. The highest BCUT2D eigenvalue weighted by Crippen LogP contribution is 2.25. The fourth-order valence-corrected chi connectivity index (χ4v) is 3.44. The predicted octanol–water partition coefficient (Wildman–Crippen LogP) is 6.38. The first kappa shape index (κ1) is 21.9. The van der Waals surface area contributed by atoms with Crippen LogP contribution in [-0.2, 0) is 11.4 Å². The van der Waals surface area contributed by atoms with Crippen molar-refractivity contribution < 1.29 is 9.53 Å². The number of nitrogens with one attached hydrogen (secondary N) is 1. The first-order valence-electron chi connectivity index (χ1n) is 9.11. The van der Waals surface area contributed by atoms with E-state index in [1.807, 2.05) is 67.6 Å². The van der Waals surface area contributed by atoms with Crippen molar-refractivity contribution in [3.05, 3.63) is 97.6 Å². The summed E-state index contributed by atoms with van der Waals surface area (Å²) >= 11 is 8.07. The van der Waals surface area contributed by atoms with Crippen LogP contribution in [0.1, 0.15) is 16.7 Å². The molecule has 0 saturated carbocycles. The lowest BCUT2D eigenvalue weighted by Gasteiger charge is -2.09. The largest absolute Gasteiger partial charge is 0.488 e. The second kappa shape index (κ2) is 10.3. The maximum absolute atomic E-state index is 12.4. The number of benzene rings is 3. The van der Waals surface area contributed by atoms with Gasteiger partial charge in [0.15, 0.2) is 0 Å². The van der Waals surface area contributed by atoms with Gasteiger partial charge >= 0.3 is 0 Å². The zero-order valence-corrected chi connectivity index (χ0v) is 19.1. The Balaban J connectivity index is 1.69. The fourth-order valence-electron chi connectivity index (χ4n) is 2.62. The summed E-state index contributed by atoms with van der Waals surface area (Å²) in [6, 6.07) is 22.4. The minimum absolute atomic E-state index is 0.0289. The fraction of sp³-hybridized carbons (Fsp3) is 0.0833. The summed E-state index contributed by atoms with van der Waals surface area (Å²) in [5, 5.41) is 12.8. The van der Waals surface area contributed by atoms with E-state index in [9.17, 15) is 10.1 Å². The van der Waals surface area contributed by atoms with Gasteiger partial charge in [-0.3, -0.25) is 4.79 Å². The molecule has 3 rings (SSSR count). The van der Waals surface area contributed by atoms with Crippen molar-refractivity contribution in [3.63, 3.8) is 0 Å². The first-order valence-corrected chi connectivity index (χ1v) is 10.6. The van der Waals surface area contributed by atoms with E-state index >= 15 is 0 Å². The zero-order valence-electron chi connectivity index (χ0n) is 16.2. The highest BCUT2D eigenvalue weighted by Gasteiger charge is 2.10. The van der Waals surface area contributed by atoms with Crippen LogP contribution in [0.3, 0.4) is 0 Å². The van der Waals surface area contributed by atoms with Gasteiger partial charge < -0.3 is 10.1 Å². The number of carbonyl (C=O) groups excluding carboxylic acids is 1. The van der Waals surface area contributed by atoms with Gasteiger partial charge in [0, 0.05) is 10.7 Å². The Labute approximate surface area is 194 Å². The van der Waals surface area contributed by atoms with Crippen LogP contribution in [0.15, 0.2) is 72.3 Å². The maximum Gasteiger partial charge on any atom is 0.266 e. The molecule has 1 N–H and O–H groups in total. The minimum atomic E-state index is -0.445. The van der Waals surface area contributed by atoms with Gasteiger partial charge in [-0.1, -0.05) is 47.5 Å². The Morgan fingerprint density at radius 1 is 1.13 bits per heavy atom. The molecule has 30 heavy (non-hydrogen) atoms. The molecule has 0 atom stereocenters. The van der Waals surface area contributed by atoms with Crippen LogP contribution in [0.4, 0.5) is 5.69 Å². The molecular weight excluding hydrogens is 511 g/mol. The SMILES string of the molecule is Cc1ccc(NC(=O)C(C#N)=Cc2ccc(OCc3ccc(Cl)cc3)c(I)c2)cc1. The summed E-state index contributed by atoms with van der Waals surface area (Å²) in [5.41, 5.74) is 3.53. The van der Waals surface area contributed by atoms with E-state index in [1.54, 1.807) is 18.2 Å². The third kappa shape index (κ3) is 6.09. The molecule has 0 aliphatic heterocycles. The predicted molar refractivity (Wildman–Crippen MR) is 128 cm³/mol. The molecule has 4 nitrogen and oxygen atoms in total. The van der Waals surface area contributed by atoms with Crippen molar-refractivity contribution >= 4 is 51.9 Å². The van der Waals surface area contributed by atoms with Gasteiger partial charge in [0.25, 0.3) is 5.91 Å². The summed E-state index contributed by atoms with van der Waals surface area (Å²) in [6.45, 7) is 2.39. The lowest BCUT2D eigenvalue weighted by atomic mass is 10.1. The van der Waals surface area contributed by atoms with Crippen molar-refractivity contribution in [1.29, 1.82) is 5.26 Å². The summed E-state index contributed by atoms with van der Waals surface area (Å²) < 4.78 is 6.75. The van der Waals surface area contributed by atoms with Gasteiger partial charge in [0.2, 0.25) is 0 Å². The number of hydrogen-bond donors (Lipinski definition) is 1. The average Bonchev–Trinajstić information content (AvgIpc) is 2.74. The van der Waals surface area contributed by atoms with Crippen LogP contribution in [-0.4, -0.2) is 5.91 Å². The molecule has 0 aromatic heterocycles. The van der Waals surface area contributed by atoms with Crippen LogP contribution in [0, 0.1) is 21.8 Å². The number of halogens is 2. The van der Waals surface area contributed by atoms with Gasteiger partial charge in [0.05, 0.1) is 3.57 Å². The smallest absolute Gasteiger partial charge is 0.266 e. The molecule has 0 aliphatic carbocycles. The number of nitrogens with zero attached hydrogens (tertiary/aromatic N) is 1. The number of ether oxygens (including phenoxy) is 1. The molecule has 3 aromatic carbocycles. The highest BCUT2D eigenvalue weighted by atomic mass is 127. The summed E-state index contributed by atoms with van der Waals surface area (Å²) in [4.78, 5) is 12.4. The van der Waals surface area contributed by atoms with E-state index in [1.165, 1.54) is 0 Å². The van der Waals surface area contributed by atoms with Crippen molar-refractivity contribution in [3.8, 4) is 11.8 Å². The van der Waals surface area contributed by atoms with E-state index in [2.05, 4.69) is 27.9 Å². The van der Waals surface area contributed by atoms with Crippen LogP contribution < -0.4 is 10.1 Å². The van der Waals surface area contributed by atoms with Gasteiger partial charge in [-0.25, -0.2) is 0 Å². The molecule has 150 valence electrons. The van der Waals surface area contributed by atoms with Crippen molar-refractivity contribution in [2.75, 3.05) is 5.32 Å². The Bertz CT molecular complexity index is 1120. The molecule has 0 spiro atoms. The van der Waals surface area contributed by atoms with Gasteiger partial charge in [-0.2, -0.15) is 5.26 Å². The van der Waals surface area contributed by atoms with E-state index < -0.39 is 5.91 Å². The standard InChI is InChI=1S/C24H18ClIN2O2/c1-16-2-9-21(10-3-16)28-24(29)19(14-27)12-18-6-11-23(22(26)13-18)30-15-17-4-7-20(25)8-5-17/h2-13H,15H2,1H3,(H,28,29). The van der Waals surface area contributed by atoms with Crippen LogP contribution >= 0.6 is 34.2 Å². The summed E-state index contributed by atoms with van der Waals surface area (Å²) in [7, 11) is 0. The first-order chi connectivity index (χ1) is 14.4. The van der Waals surface area contributed by atoms with Gasteiger partial charge in [0.1, 0.15) is 24.0 Å². The molecule has 0 saturated heterocycles. The number of hydrogen-bond acceptors (Lipinski definition) is 3. The number of aryl methyl sites for hydroxylation is 1. The Kier molecular flexibility index (Phi) is 7.50. The normalized spacial score (nSPS) is 10.9. The average molecular weight is 529 g/mol. The van der Waals surface area contributed by atoms with Crippen molar-refractivity contribution in [1.82, 2.24) is 0 Å². The molecule has 3 aromatic rings. The summed E-state index contributed by atoms with van der Waals surface area (Å²) in [5.74, 6) is 0.282. The topological polar surface area (TPSA) is 62.1 Å². The second-order valence-electron chi connectivity index (χ2n) is 6.59.